The number of carbonyl (C=O) groups excluding carboxylic acids is 2. The van der Waals surface area contributed by atoms with Crippen molar-refractivity contribution in [2.75, 3.05) is 7.11 Å². The normalized spacial score (nSPS) is 14.7. The van der Waals surface area contributed by atoms with Gasteiger partial charge < -0.3 is 19.9 Å². The molecule has 1 aromatic heterocycles. The zero-order valence-electron chi connectivity index (χ0n) is 10.3. The Bertz CT molecular complexity index is 496. The fourth-order valence-electron chi connectivity index (χ4n) is 1.45. The van der Waals surface area contributed by atoms with Crippen LogP contribution in [0.5, 0.6) is 0 Å². The lowest BCUT2D eigenvalue weighted by molar-refractivity contribution is -0.144. The van der Waals surface area contributed by atoms with E-state index in [2.05, 4.69) is 9.72 Å². The highest BCUT2D eigenvalue weighted by Gasteiger charge is 2.33. The zero-order valence-corrected chi connectivity index (χ0v) is 12.5. The number of aromatic nitrogens is 1. The molecule has 1 heterocycles. The number of aliphatic hydroxyl groups excluding tert-OH is 2. The molecular weight excluding hydrogens is 332 g/mol. The summed E-state index contributed by atoms with van der Waals surface area (Å²) in [6.07, 6.45) is -1.89. The van der Waals surface area contributed by atoms with Crippen LogP contribution in [-0.2, 0) is 9.53 Å². The third-order valence-electron chi connectivity index (χ3n) is 2.52. The number of halogens is 3. The highest BCUT2D eigenvalue weighted by atomic mass is 35.6. The first-order valence-electron chi connectivity index (χ1n) is 5.39. The van der Waals surface area contributed by atoms with Crippen molar-refractivity contribution in [2.45, 2.75) is 22.4 Å². The van der Waals surface area contributed by atoms with Crippen molar-refractivity contribution in [2.24, 2.45) is 0 Å². The highest BCUT2D eigenvalue weighted by molar-refractivity contribution is 6.77. The zero-order chi connectivity index (χ0) is 15.5. The van der Waals surface area contributed by atoms with Crippen molar-refractivity contribution in [1.82, 2.24) is 4.98 Å². The fraction of sp³-hybridized carbons (Fsp3) is 0.455. The van der Waals surface area contributed by atoms with Crippen molar-refractivity contribution in [3.05, 3.63) is 23.5 Å². The molecule has 112 valence electrons. The van der Waals surface area contributed by atoms with Crippen LogP contribution in [0.4, 0.5) is 0 Å². The molecule has 20 heavy (non-hydrogen) atoms. The van der Waals surface area contributed by atoms with Crippen molar-refractivity contribution in [3.8, 4) is 0 Å². The van der Waals surface area contributed by atoms with Gasteiger partial charge in [0.2, 0.25) is 5.78 Å². The van der Waals surface area contributed by atoms with Crippen molar-refractivity contribution < 1.29 is 24.5 Å². The quantitative estimate of drug-likeness (QED) is 0.427. The number of rotatable bonds is 5. The predicted octanol–water partition coefficient (Wildman–Crippen LogP) is 1.52. The molecule has 0 aliphatic carbocycles. The van der Waals surface area contributed by atoms with Crippen LogP contribution in [0, 0.1) is 0 Å². The minimum atomic E-state index is -2.13. The molecule has 0 saturated carbocycles. The maximum absolute atomic E-state index is 11.7. The van der Waals surface area contributed by atoms with Gasteiger partial charge in [0.25, 0.3) is 3.79 Å². The minimum Gasteiger partial charge on any atom is -0.469 e. The molecule has 2 unspecified atom stereocenters. The molecule has 2 atom stereocenters. The number of aliphatic hydroxyl groups is 2. The van der Waals surface area contributed by atoms with Crippen LogP contribution < -0.4 is 0 Å². The van der Waals surface area contributed by atoms with Gasteiger partial charge in [-0.2, -0.15) is 0 Å². The molecule has 3 N–H and O–H groups in total. The van der Waals surface area contributed by atoms with Crippen LogP contribution in [0.25, 0.3) is 0 Å². The number of ketones is 1. The van der Waals surface area contributed by atoms with E-state index in [1.165, 1.54) is 12.3 Å². The number of H-pyrrole nitrogens is 1. The molecule has 9 heteroatoms. The maximum Gasteiger partial charge on any atom is 0.308 e. The number of ether oxygens (including phenoxy) is 1. The average Bonchev–Trinajstić information content (AvgIpc) is 2.84. The lowest BCUT2D eigenvalue weighted by Gasteiger charge is -2.15. The SMILES string of the molecule is COC(=O)CC(O)C(O)c1c[nH]c(C(=O)C(Cl)(Cl)Cl)c1. The smallest absolute Gasteiger partial charge is 0.308 e. The molecule has 0 fully saturated rings. The average molecular weight is 345 g/mol. The van der Waals surface area contributed by atoms with E-state index in [-0.39, 0.29) is 11.3 Å². The Hall–Kier alpha value is -0.790. The molecular formula is C11H12Cl3NO5. The van der Waals surface area contributed by atoms with Gasteiger partial charge in [-0.1, -0.05) is 34.8 Å². The number of nitrogens with one attached hydrogen (secondary N) is 1. The lowest BCUT2D eigenvalue weighted by Crippen LogP contribution is -2.22. The number of methoxy groups -OCH3 is 1. The molecule has 6 nitrogen and oxygen atoms in total. The van der Waals surface area contributed by atoms with Gasteiger partial charge >= 0.3 is 5.97 Å². The summed E-state index contributed by atoms with van der Waals surface area (Å²) < 4.78 is 2.24. The number of carbonyl (C=O) groups is 2. The van der Waals surface area contributed by atoms with Crippen LogP contribution in [0.2, 0.25) is 0 Å². The summed E-state index contributed by atoms with van der Waals surface area (Å²) in [6, 6.07) is 1.23. The van der Waals surface area contributed by atoms with Gasteiger partial charge in [-0.25, -0.2) is 0 Å². The van der Waals surface area contributed by atoms with E-state index in [1.807, 2.05) is 0 Å². The molecule has 0 saturated heterocycles. The molecule has 0 aliphatic rings. The summed E-state index contributed by atoms with van der Waals surface area (Å²) in [5, 5.41) is 19.5. The van der Waals surface area contributed by atoms with E-state index in [0.717, 1.165) is 7.11 Å². The van der Waals surface area contributed by atoms with E-state index in [0.29, 0.717) is 0 Å². The van der Waals surface area contributed by atoms with Crippen LogP contribution >= 0.6 is 34.8 Å². The van der Waals surface area contributed by atoms with Crippen molar-refractivity contribution in [3.63, 3.8) is 0 Å². The Morgan fingerprint density at radius 3 is 2.50 bits per heavy atom. The van der Waals surface area contributed by atoms with Gasteiger partial charge in [-0.15, -0.1) is 0 Å². The minimum absolute atomic E-state index is 0.0377. The van der Waals surface area contributed by atoms with Gasteiger partial charge in [0.1, 0.15) is 6.10 Å². The summed E-state index contributed by atoms with van der Waals surface area (Å²) in [5.41, 5.74) is 0.142. The lowest BCUT2D eigenvalue weighted by atomic mass is 10.0. The Labute approximate surface area is 129 Å². The summed E-state index contributed by atoms with van der Waals surface area (Å²) in [4.78, 5) is 25.2. The molecule has 0 radical (unpaired) electrons. The Balaban J connectivity index is 2.81. The first-order chi connectivity index (χ1) is 9.16. The largest absolute Gasteiger partial charge is 0.469 e. The molecule has 1 rings (SSSR count). The highest BCUT2D eigenvalue weighted by Crippen LogP contribution is 2.31. The second-order valence-electron chi connectivity index (χ2n) is 3.97. The van der Waals surface area contributed by atoms with E-state index in [4.69, 9.17) is 34.8 Å². The fourth-order valence-corrected chi connectivity index (χ4v) is 1.76. The van der Waals surface area contributed by atoms with E-state index >= 15 is 0 Å². The molecule has 0 spiro atoms. The second-order valence-corrected chi connectivity index (χ2v) is 6.25. The van der Waals surface area contributed by atoms with Gasteiger partial charge in [-0.05, 0) is 6.07 Å². The van der Waals surface area contributed by atoms with Crippen LogP contribution in [0.1, 0.15) is 28.6 Å². The third kappa shape index (κ3) is 4.36. The number of aromatic amines is 1. The van der Waals surface area contributed by atoms with Crippen LogP contribution in [-0.4, -0.2) is 44.0 Å². The molecule has 0 bridgehead atoms. The summed E-state index contributed by atoms with van der Waals surface area (Å²) in [5.74, 6) is -1.48. The Kier molecular flexibility index (Phi) is 5.85. The van der Waals surface area contributed by atoms with E-state index in [9.17, 15) is 19.8 Å². The monoisotopic (exact) mass is 343 g/mol. The Morgan fingerprint density at radius 1 is 1.40 bits per heavy atom. The molecule has 0 aliphatic heterocycles. The third-order valence-corrected chi connectivity index (χ3v) is 3.03. The van der Waals surface area contributed by atoms with Gasteiger partial charge in [0.05, 0.1) is 25.3 Å². The summed E-state index contributed by atoms with van der Waals surface area (Å²) in [7, 11) is 1.16. The Morgan fingerprint density at radius 2 is 2.00 bits per heavy atom. The van der Waals surface area contributed by atoms with Crippen molar-refractivity contribution in [1.29, 1.82) is 0 Å². The van der Waals surface area contributed by atoms with E-state index < -0.39 is 34.2 Å². The first kappa shape index (κ1) is 17.3. The predicted molar refractivity (Wildman–Crippen MR) is 73.0 cm³/mol. The topological polar surface area (TPSA) is 99.6 Å². The molecule has 1 aromatic rings. The second kappa shape index (κ2) is 6.78. The van der Waals surface area contributed by atoms with Gasteiger partial charge in [0.15, 0.2) is 0 Å². The molecule has 0 amide bonds. The van der Waals surface area contributed by atoms with Gasteiger partial charge in [0, 0.05) is 11.8 Å². The number of alkyl halides is 3. The van der Waals surface area contributed by atoms with Crippen LogP contribution in [0.15, 0.2) is 12.3 Å². The number of Topliss-reactive ketones (excluding diaryl/α,β-unsaturated/α-hetero) is 1. The van der Waals surface area contributed by atoms with E-state index in [1.54, 1.807) is 0 Å². The first-order valence-corrected chi connectivity index (χ1v) is 6.53. The number of esters is 1. The van der Waals surface area contributed by atoms with Crippen molar-refractivity contribution >= 4 is 46.6 Å². The molecule has 0 aromatic carbocycles. The maximum atomic E-state index is 11.7. The van der Waals surface area contributed by atoms with Gasteiger partial charge in [-0.3, -0.25) is 9.59 Å². The number of hydrogen-bond acceptors (Lipinski definition) is 5. The number of hydrogen-bond donors (Lipinski definition) is 3. The standard InChI is InChI=1S/C11H12Cl3NO5/c1-20-8(17)3-7(16)9(18)5-2-6(15-4-5)10(19)11(12,13)14/h2,4,7,9,15-16,18H,3H2,1H3. The van der Waals surface area contributed by atoms with Crippen LogP contribution in [0.3, 0.4) is 0 Å². The summed E-state index contributed by atoms with van der Waals surface area (Å²) >= 11 is 16.3. The summed E-state index contributed by atoms with van der Waals surface area (Å²) in [6.45, 7) is 0.